The van der Waals surface area contributed by atoms with E-state index in [-0.39, 0.29) is 63.8 Å². The topological polar surface area (TPSA) is 222 Å². The Kier molecular flexibility index (Phi) is 25.4. The van der Waals surface area contributed by atoms with Crippen molar-refractivity contribution in [3.8, 4) is 22.5 Å². The summed E-state index contributed by atoms with van der Waals surface area (Å²) in [5.41, 5.74) is 10.3. The molecule has 0 fully saturated rings. The minimum absolute atomic E-state index is 0. The van der Waals surface area contributed by atoms with Crippen LogP contribution in [-0.4, -0.2) is 194 Å². The summed E-state index contributed by atoms with van der Waals surface area (Å²) >= 11 is 26.0. The predicted octanol–water partition coefficient (Wildman–Crippen LogP) is 6.15. The third kappa shape index (κ3) is 18.6. The number of amides is 2. The van der Waals surface area contributed by atoms with Crippen LogP contribution < -0.4 is 10.6 Å². The second kappa shape index (κ2) is 32.3. The Labute approximate surface area is 497 Å². The largest absolute Gasteiger partial charge is 0.380 e. The number of aliphatic hydroxyl groups is 2. The van der Waals surface area contributed by atoms with E-state index in [1.807, 2.05) is 48.8 Å². The molecule has 2 aromatic heterocycles. The number of aromatic nitrogens is 6. The van der Waals surface area contributed by atoms with E-state index in [0.717, 1.165) is 82.1 Å². The molecule has 0 saturated heterocycles. The molecule has 2 aliphatic heterocycles. The highest BCUT2D eigenvalue weighted by molar-refractivity contribution is 6.35. The average molecular weight is 1220 g/mol. The lowest BCUT2D eigenvalue weighted by Crippen LogP contribution is -2.50. The molecule has 2 aliphatic rings. The second-order valence-electron chi connectivity index (χ2n) is 19.5. The molecule has 2 amide bonds. The number of fused-ring (bicyclic) bond motifs is 2. The Hall–Kier alpha value is -4.85. The van der Waals surface area contributed by atoms with Crippen LogP contribution in [0, 0.1) is 0 Å². The molecular weight excluding hydrogens is 1150 g/mol. The molecule has 0 saturated carbocycles. The molecule has 0 aliphatic carbocycles. The van der Waals surface area contributed by atoms with E-state index in [9.17, 15) is 19.8 Å². The van der Waals surface area contributed by atoms with Gasteiger partial charge < -0.3 is 59.1 Å². The van der Waals surface area contributed by atoms with E-state index in [0.29, 0.717) is 86.0 Å². The van der Waals surface area contributed by atoms with E-state index in [4.69, 9.17) is 74.8 Å². The number of nitrogens with one attached hydrogen (secondary N) is 2. The van der Waals surface area contributed by atoms with E-state index in [1.54, 1.807) is 21.5 Å². The predicted molar refractivity (Wildman–Crippen MR) is 310 cm³/mol. The standard InChI is InChI=1S/C56H68Cl4N10O10.ClH/c1-67-31-45(43-27-41(57)29-49(59)47(43)33-67)37-5-3-7-39(25-37)51-35-69(65-63-51)11-15-77-19-23-79-21-17-75-13-9-61-55(73)53(71)54(72)56(74)62-10-14-76-18-22-80-24-20-78-16-12-70-36-52(64-66-70)40-8-4-6-38(26-40)46-32-68(2)34-48-44(46)28-42(58)30-50(48)60;/h3-8,25-30,35-36,45-46,53-54,71-72H,9-24,31-34H2,1-2H3,(H,61,73)(H,62,74);1H/t45-,46-,53+,54+;/m0./s1. The van der Waals surface area contributed by atoms with E-state index < -0.39 is 24.0 Å². The number of ether oxygens (including phenoxy) is 6. The molecule has 4 aromatic carbocycles. The maximum atomic E-state index is 12.3. The molecule has 0 bridgehead atoms. The lowest BCUT2D eigenvalue weighted by atomic mass is 9.84. The molecule has 81 heavy (non-hydrogen) atoms. The summed E-state index contributed by atoms with van der Waals surface area (Å²) in [6.07, 6.45) is -0.146. The summed E-state index contributed by atoms with van der Waals surface area (Å²) in [6.45, 7) is 8.00. The van der Waals surface area contributed by atoms with Crippen molar-refractivity contribution >= 4 is 70.6 Å². The van der Waals surface area contributed by atoms with Crippen molar-refractivity contribution in [2.75, 3.05) is 120 Å². The second-order valence-corrected chi connectivity index (χ2v) is 21.2. The Morgan fingerprint density at radius 2 is 0.926 bits per heavy atom. The molecule has 438 valence electrons. The van der Waals surface area contributed by atoms with Crippen molar-refractivity contribution in [2.24, 2.45) is 0 Å². The van der Waals surface area contributed by atoms with Gasteiger partial charge in [-0.15, -0.1) is 22.6 Å². The maximum absolute atomic E-state index is 12.3. The maximum Gasteiger partial charge on any atom is 0.252 e. The van der Waals surface area contributed by atoms with Gasteiger partial charge in [0.05, 0.1) is 105 Å². The summed E-state index contributed by atoms with van der Waals surface area (Å²) < 4.78 is 37.0. The number of benzene rings is 4. The summed E-state index contributed by atoms with van der Waals surface area (Å²) in [5, 5.41) is 45.3. The number of carbonyl (C=O) groups excluding carboxylic acids is 2. The fourth-order valence-corrected chi connectivity index (χ4v) is 10.7. The number of likely N-dealkylation sites (N-methyl/N-ethyl adjacent to an activating group) is 2. The fourth-order valence-electron chi connectivity index (χ4n) is 9.56. The lowest BCUT2D eigenvalue weighted by molar-refractivity contribution is -0.146. The van der Waals surface area contributed by atoms with E-state index >= 15 is 0 Å². The van der Waals surface area contributed by atoms with Gasteiger partial charge >= 0.3 is 0 Å². The molecule has 6 aromatic rings. The van der Waals surface area contributed by atoms with Crippen molar-refractivity contribution in [1.82, 2.24) is 50.4 Å². The summed E-state index contributed by atoms with van der Waals surface area (Å²) in [5.74, 6) is -1.60. The lowest BCUT2D eigenvalue weighted by Gasteiger charge is -2.33. The average Bonchev–Trinajstić information content (AvgIpc) is 4.14. The third-order valence-electron chi connectivity index (χ3n) is 13.6. The van der Waals surface area contributed by atoms with Gasteiger partial charge in [0.1, 0.15) is 11.4 Å². The van der Waals surface area contributed by atoms with Gasteiger partial charge in [-0.25, -0.2) is 9.36 Å². The molecule has 4 heterocycles. The summed E-state index contributed by atoms with van der Waals surface area (Å²) in [7, 11) is 4.18. The van der Waals surface area contributed by atoms with Gasteiger partial charge in [-0.2, -0.15) is 0 Å². The van der Waals surface area contributed by atoms with Crippen LogP contribution in [0.15, 0.2) is 85.2 Å². The number of hydrogen-bond acceptors (Lipinski definition) is 16. The molecule has 4 N–H and O–H groups in total. The van der Waals surface area contributed by atoms with E-state index in [2.05, 4.69) is 79.4 Å². The highest BCUT2D eigenvalue weighted by Crippen LogP contribution is 2.41. The van der Waals surface area contributed by atoms with Crippen molar-refractivity contribution in [3.63, 3.8) is 0 Å². The van der Waals surface area contributed by atoms with Crippen LogP contribution in [0.3, 0.4) is 0 Å². The first kappa shape index (κ1) is 63.7. The molecular formula is C56H69Cl5N10O10. The van der Waals surface area contributed by atoms with Gasteiger partial charge in [0.2, 0.25) is 0 Å². The van der Waals surface area contributed by atoms with Gasteiger partial charge in [0.15, 0.2) is 12.2 Å². The molecule has 20 nitrogen and oxygen atoms in total. The zero-order valence-corrected chi connectivity index (χ0v) is 49.0. The number of carbonyl (C=O) groups is 2. The van der Waals surface area contributed by atoms with Crippen LogP contribution in [0.5, 0.6) is 0 Å². The molecule has 0 radical (unpaired) electrons. The molecule has 0 unspecified atom stereocenters. The highest BCUT2D eigenvalue weighted by Gasteiger charge is 2.31. The Morgan fingerprint density at radius 1 is 0.556 bits per heavy atom. The minimum atomic E-state index is -1.97. The van der Waals surface area contributed by atoms with Crippen molar-refractivity contribution in [3.05, 3.63) is 139 Å². The molecule has 4 atom stereocenters. The quantitative estimate of drug-likeness (QED) is 0.0359. The first-order valence-corrected chi connectivity index (χ1v) is 28.0. The first-order valence-electron chi connectivity index (χ1n) is 26.5. The number of hydrogen-bond donors (Lipinski definition) is 4. The van der Waals surface area contributed by atoms with Crippen molar-refractivity contribution in [1.29, 1.82) is 0 Å². The van der Waals surface area contributed by atoms with E-state index in [1.165, 1.54) is 0 Å². The number of halogens is 5. The molecule has 0 spiro atoms. The zero-order chi connectivity index (χ0) is 56.4. The summed E-state index contributed by atoms with van der Waals surface area (Å²) in [6, 6.07) is 24.3. The van der Waals surface area contributed by atoms with Crippen LogP contribution in [0.1, 0.15) is 45.2 Å². The Morgan fingerprint density at radius 3 is 1.32 bits per heavy atom. The van der Waals surface area contributed by atoms with Crippen molar-refractivity contribution in [2.45, 2.75) is 50.2 Å². The highest BCUT2D eigenvalue weighted by atomic mass is 35.5. The Bertz CT molecular complexity index is 2780. The smallest absolute Gasteiger partial charge is 0.252 e. The number of aliphatic hydroxyl groups excluding tert-OH is 2. The van der Waals surface area contributed by atoms with Crippen LogP contribution in [0.4, 0.5) is 0 Å². The normalized spacial score (nSPS) is 16.1. The summed E-state index contributed by atoms with van der Waals surface area (Å²) in [4.78, 5) is 29.2. The molecule has 8 rings (SSSR count). The van der Waals surface area contributed by atoms with Crippen LogP contribution in [-0.2, 0) is 64.2 Å². The van der Waals surface area contributed by atoms with Crippen LogP contribution in [0.2, 0.25) is 20.1 Å². The van der Waals surface area contributed by atoms with Crippen LogP contribution >= 0.6 is 58.8 Å². The minimum Gasteiger partial charge on any atom is -0.380 e. The van der Waals surface area contributed by atoms with Crippen LogP contribution in [0.25, 0.3) is 22.5 Å². The monoisotopic (exact) mass is 1220 g/mol. The fraction of sp³-hybridized carbons (Fsp3) is 0.464. The number of nitrogens with zero attached hydrogens (tertiary/aromatic N) is 8. The Balaban J connectivity index is 0.00000946. The zero-order valence-electron chi connectivity index (χ0n) is 45.2. The van der Waals surface area contributed by atoms with Gasteiger partial charge in [-0.05, 0) is 83.9 Å². The van der Waals surface area contributed by atoms with Crippen molar-refractivity contribution < 1.29 is 48.2 Å². The van der Waals surface area contributed by atoms with Gasteiger partial charge in [-0.1, -0.05) is 93.2 Å². The first-order chi connectivity index (χ1) is 38.8. The molecule has 25 heteroatoms. The SMILES string of the molecule is CN1Cc2c(Cl)cc(Cl)cc2[C@H](c2cccc(-c3cn(CCOCCOCCOCCNC(=O)[C@H](O)[C@@H](O)C(=O)NCCOCCOCCOCCn4cc(-c5cccc([C@@H]6CN(C)Cc7c(Cl)cc(Cl)cc76)c5)nn4)nn3)c2)C1.Cl. The van der Waals surface area contributed by atoms with Gasteiger partial charge in [-0.3, -0.25) is 9.59 Å². The number of rotatable bonds is 31. The van der Waals surface area contributed by atoms with Gasteiger partial charge in [0.25, 0.3) is 11.8 Å². The third-order valence-corrected chi connectivity index (χ3v) is 14.7. The van der Waals surface area contributed by atoms with Gasteiger partial charge in [0, 0.05) is 82.3 Å².